The van der Waals surface area contributed by atoms with Gasteiger partial charge in [-0.2, -0.15) is 5.26 Å². The van der Waals surface area contributed by atoms with E-state index >= 15 is 0 Å². The van der Waals surface area contributed by atoms with Crippen molar-refractivity contribution in [2.75, 3.05) is 13.1 Å². The summed E-state index contributed by atoms with van der Waals surface area (Å²) >= 11 is 0. The Labute approximate surface area is 112 Å². The van der Waals surface area contributed by atoms with Crippen molar-refractivity contribution >= 4 is 12.0 Å². The van der Waals surface area contributed by atoms with Crippen molar-refractivity contribution in [1.29, 1.82) is 5.26 Å². The Kier molecular flexibility index (Phi) is 6.30. The summed E-state index contributed by atoms with van der Waals surface area (Å²) in [5, 5.41) is 20.3. The van der Waals surface area contributed by atoms with Crippen molar-refractivity contribution < 1.29 is 9.90 Å². The summed E-state index contributed by atoms with van der Waals surface area (Å²) in [5.41, 5.74) is 7.02. The van der Waals surface area contributed by atoms with Crippen LogP contribution in [0, 0.1) is 11.3 Å². The van der Waals surface area contributed by atoms with Gasteiger partial charge in [0.05, 0.1) is 11.6 Å². The molecule has 4 N–H and O–H groups in total. The maximum atomic E-state index is 10.5. The number of carboxylic acids is 1. The van der Waals surface area contributed by atoms with Crippen LogP contribution in [0.1, 0.15) is 17.5 Å². The van der Waals surface area contributed by atoms with Gasteiger partial charge in [0.2, 0.25) is 0 Å². The van der Waals surface area contributed by atoms with E-state index < -0.39 is 12.0 Å². The molecule has 1 aromatic carbocycles. The van der Waals surface area contributed by atoms with Gasteiger partial charge in [-0.1, -0.05) is 24.3 Å². The molecule has 1 rings (SSSR count). The van der Waals surface area contributed by atoms with E-state index in [9.17, 15) is 4.79 Å². The second-order valence-electron chi connectivity index (χ2n) is 4.07. The monoisotopic (exact) mass is 259 g/mol. The number of rotatable bonds is 7. The van der Waals surface area contributed by atoms with Crippen LogP contribution in [0.15, 0.2) is 30.3 Å². The summed E-state index contributed by atoms with van der Waals surface area (Å²) in [6.07, 6.45) is 4.28. The molecule has 0 aliphatic carbocycles. The Morgan fingerprint density at radius 3 is 2.74 bits per heavy atom. The van der Waals surface area contributed by atoms with Gasteiger partial charge in [0.1, 0.15) is 6.04 Å². The Morgan fingerprint density at radius 2 is 2.16 bits per heavy atom. The fourth-order valence-electron chi connectivity index (χ4n) is 1.43. The maximum absolute atomic E-state index is 10.5. The molecule has 19 heavy (non-hydrogen) atoms. The van der Waals surface area contributed by atoms with E-state index in [-0.39, 0.29) is 0 Å². The molecule has 0 unspecified atom stereocenters. The van der Waals surface area contributed by atoms with Crippen molar-refractivity contribution in [3.05, 3.63) is 41.5 Å². The minimum Gasteiger partial charge on any atom is -0.480 e. The van der Waals surface area contributed by atoms with E-state index in [0.717, 1.165) is 5.56 Å². The predicted octanol–water partition coefficient (Wildman–Crippen LogP) is 0.963. The number of aliphatic carboxylic acids is 1. The number of nitrogens with two attached hydrogens (primary N) is 1. The van der Waals surface area contributed by atoms with E-state index in [4.69, 9.17) is 16.1 Å². The highest BCUT2D eigenvalue weighted by Crippen LogP contribution is 2.04. The number of benzene rings is 1. The van der Waals surface area contributed by atoms with Gasteiger partial charge >= 0.3 is 5.97 Å². The lowest BCUT2D eigenvalue weighted by Gasteiger charge is -2.05. The van der Waals surface area contributed by atoms with Crippen molar-refractivity contribution in [2.24, 2.45) is 5.73 Å². The van der Waals surface area contributed by atoms with Gasteiger partial charge in [-0.15, -0.1) is 0 Å². The van der Waals surface area contributed by atoms with Crippen LogP contribution in [0.5, 0.6) is 0 Å². The zero-order valence-electron chi connectivity index (χ0n) is 10.5. The Bertz CT molecular complexity index is 474. The number of nitrogens with one attached hydrogen (secondary N) is 1. The SMILES string of the molecule is N#Cc1ccc(/C=C/CNCC[C@H](N)C(=O)O)cc1. The normalized spacial score (nSPS) is 12.2. The van der Waals surface area contributed by atoms with E-state index in [1.165, 1.54) is 0 Å². The van der Waals surface area contributed by atoms with Gasteiger partial charge in [-0.05, 0) is 30.7 Å². The molecule has 0 aliphatic heterocycles. The zero-order chi connectivity index (χ0) is 14.1. The fourth-order valence-corrected chi connectivity index (χ4v) is 1.43. The summed E-state index contributed by atoms with van der Waals surface area (Å²) < 4.78 is 0. The van der Waals surface area contributed by atoms with Crippen molar-refractivity contribution in [1.82, 2.24) is 5.32 Å². The zero-order valence-corrected chi connectivity index (χ0v) is 10.5. The largest absolute Gasteiger partial charge is 0.480 e. The first-order chi connectivity index (χ1) is 9.13. The molecular formula is C14H17N3O2. The first-order valence-corrected chi connectivity index (χ1v) is 5.99. The van der Waals surface area contributed by atoms with Crippen molar-refractivity contribution in [3.8, 4) is 6.07 Å². The van der Waals surface area contributed by atoms with Gasteiger partial charge in [-0.3, -0.25) is 4.79 Å². The van der Waals surface area contributed by atoms with E-state index in [2.05, 4.69) is 11.4 Å². The lowest BCUT2D eigenvalue weighted by molar-refractivity contribution is -0.138. The highest BCUT2D eigenvalue weighted by atomic mass is 16.4. The molecular weight excluding hydrogens is 242 g/mol. The quantitative estimate of drug-likeness (QED) is 0.633. The van der Waals surface area contributed by atoms with Crippen LogP contribution in [0.2, 0.25) is 0 Å². The lowest BCUT2D eigenvalue weighted by Crippen LogP contribution is -2.33. The van der Waals surface area contributed by atoms with Crippen molar-refractivity contribution in [3.63, 3.8) is 0 Å². The van der Waals surface area contributed by atoms with Gasteiger partial charge in [-0.25, -0.2) is 0 Å². The number of nitriles is 1. The molecule has 5 nitrogen and oxygen atoms in total. The molecule has 0 saturated carbocycles. The Balaban J connectivity index is 2.23. The van der Waals surface area contributed by atoms with Crippen LogP contribution >= 0.6 is 0 Å². The highest BCUT2D eigenvalue weighted by molar-refractivity contribution is 5.72. The van der Waals surface area contributed by atoms with Crippen LogP contribution in [-0.2, 0) is 4.79 Å². The first kappa shape index (κ1) is 14.9. The molecule has 1 atom stereocenters. The van der Waals surface area contributed by atoms with Crippen LogP contribution in [0.3, 0.4) is 0 Å². The molecule has 0 bridgehead atoms. The summed E-state index contributed by atoms with van der Waals surface area (Å²) in [7, 11) is 0. The average Bonchev–Trinajstić information content (AvgIpc) is 2.42. The van der Waals surface area contributed by atoms with E-state index in [1.54, 1.807) is 12.1 Å². The standard InChI is InChI=1S/C14H17N3O2/c15-10-12-5-3-11(4-6-12)2-1-8-17-9-7-13(16)14(18)19/h1-6,13,17H,7-9,16H2,(H,18,19)/b2-1+/t13-/m0/s1. The van der Waals surface area contributed by atoms with Gasteiger partial charge < -0.3 is 16.2 Å². The number of nitrogens with zero attached hydrogens (tertiary/aromatic N) is 1. The second-order valence-corrected chi connectivity index (χ2v) is 4.07. The maximum Gasteiger partial charge on any atom is 0.320 e. The molecule has 1 aromatic rings. The third kappa shape index (κ3) is 5.82. The van der Waals surface area contributed by atoms with Gasteiger partial charge in [0.25, 0.3) is 0 Å². The van der Waals surface area contributed by atoms with Gasteiger partial charge in [0, 0.05) is 6.54 Å². The molecule has 0 radical (unpaired) electrons. The van der Waals surface area contributed by atoms with Crippen LogP contribution in [0.4, 0.5) is 0 Å². The number of carbonyl (C=O) groups is 1. The topological polar surface area (TPSA) is 99.1 Å². The average molecular weight is 259 g/mol. The number of hydrogen-bond acceptors (Lipinski definition) is 4. The lowest BCUT2D eigenvalue weighted by atomic mass is 10.1. The first-order valence-electron chi connectivity index (χ1n) is 5.99. The Hall–Kier alpha value is -2.16. The number of carboxylic acid groups (broad SMARTS) is 1. The third-order valence-electron chi connectivity index (χ3n) is 2.56. The smallest absolute Gasteiger partial charge is 0.320 e. The molecule has 100 valence electrons. The van der Waals surface area contributed by atoms with E-state index in [1.807, 2.05) is 24.3 Å². The number of hydrogen-bond donors (Lipinski definition) is 3. The Morgan fingerprint density at radius 1 is 1.47 bits per heavy atom. The summed E-state index contributed by atoms with van der Waals surface area (Å²) in [6, 6.07) is 8.52. The molecule has 0 amide bonds. The van der Waals surface area contributed by atoms with Gasteiger partial charge in [0.15, 0.2) is 0 Å². The highest BCUT2D eigenvalue weighted by Gasteiger charge is 2.09. The summed E-state index contributed by atoms with van der Waals surface area (Å²) in [6.45, 7) is 1.21. The molecule has 0 aromatic heterocycles. The predicted molar refractivity (Wildman–Crippen MR) is 73.3 cm³/mol. The van der Waals surface area contributed by atoms with Crippen LogP contribution < -0.4 is 11.1 Å². The molecule has 5 heteroatoms. The molecule has 0 heterocycles. The van der Waals surface area contributed by atoms with Crippen LogP contribution in [-0.4, -0.2) is 30.2 Å². The molecule has 0 saturated heterocycles. The fraction of sp³-hybridized carbons (Fsp3) is 0.286. The molecule has 0 aliphatic rings. The third-order valence-corrected chi connectivity index (χ3v) is 2.56. The molecule has 0 spiro atoms. The summed E-state index contributed by atoms with van der Waals surface area (Å²) in [4.78, 5) is 10.5. The summed E-state index contributed by atoms with van der Waals surface area (Å²) in [5.74, 6) is -0.977. The minimum absolute atomic E-state index is 0.403. The second kappa shape index (κ2) is 8.03. The molecule has 0 fully saturated rings. The van der Waals surface area contributed by atoms with E-state index in [0.29, 0.717) is 25.1 Å². The van der Waals surface area contributed by atoms with Crippen LogP contribution in [0.25, 0.3) is 6.08 Å². The van der Waals surface area contributed by atoms with Crippen molar-refractivity contribution in [2.45, 2.75) is 12.5 Å². The minimum atomic E-state index is -0.977.